The molecule has 0 saturated heterocycles. The molecule has 2 aromatic carbocycles. The van der Waals surface area contributed by atoms with Gasteiger partial charge in [0, 0.05) is 48.8 Å². The van der Waals surface area contributed by atoms with Gasteiger partial charge in [-0.25, -0.2) is 9.13 Å². The number of hydrogen-bond donors (Lipinski definition) is 0. The molecule has 2 aromatic heterocycles. The molecule has 12 heteroatoms. The summed E-state index contributed by atoms with van der Waals surface area (Å²) >= 11 is 0. The summed E-state index contributed by atoms with van der Waals surface area (Å²) in [5.74, 6) is 1.38. The van der Waals surface area contributed by atoms with Gasteiger partial charge in [-0.3, -0.25) is 0 Å². The molecular formula is C29H44N12. The summed E-state index contributed by atoms with van der Waals surface area (Å²) in [5.41, 5.74) is 6.17. The average Bonchev–Trinajstić information content (AvgIpc) is 3.41. The second-order valence-corrected chi connectivity index (χ2v) is 9.87. The Morgan fingerprint density at radius 1 is 0.683 bits per heavy atom. The van der Waals surface area contributed by atoms with Crippen LogP contribution in [0.15, 0.2) is 69.5 Å². The normalized spacial score (nSPS) is 11.1. The molecule has 0 radical (unpaired) electrons. The number of hydrogen-bond acceptors (Lipinski definition) is 8. The maximum atomic E-state index is 4.44. The van der Waals surface area contributed by atoms with Crippen LogP contribution in [0.2, 0.25) is 0 Å². The molecule has 0 spiro atoms. The molecule has 0 N–H and O–H groups in total. The van der Waals surface area contributed by atoms with E-state index in [-0.39, 0.29) is 14.9 Å². The number of aromatic nitrogens is 6. The molecule has 2 heterocycles. The highest BCUT2D eigenvalue weighted by Crippen LogP contribution is 2.27. The van der Waals surface area contributed by atoms with Gasteiger partial charge < -0.3 is 24.7 Å². The first kappa shape index (κ1) is 32.7. The number of nitrogens with zero attached hydrogens (tertiary/aromatic N) is 12. The maximum absolute atomic E-state index is 4.44. The van der Waals surface area contributed by atoms with Gasteiger partial charge in [-0.2, -0.15) is 0 Å². The Morgan fingerprint density at radius 3 is 1.39 bits per heavy atom. The first-order chi connectivity index (χ1) is 18.6. The van der Waals surface area contributed by atoms with Gasteiger partial charge in [0.2, 0.25) is 12.7 Å². The zero-order valence-electron chi connectivity index (χ0n) is 26.1. The summed E-state index contributed by atoms with van der Waals surface area (Å²) in [4.78, 5) is 4.55. The van der Waals surface area contributed by atoms with Crippen LogP contribution in [0, 0.1) is 28.7 Å². The van der Waals surface area contributed by atoms with Gasteiger partial charge >= 0.3 is 11.9 Å². The number of aryl methyl sites for hydroxylation is 6. The summed E-state index contributed by atoms with van der Waals surface area (Å²) in [6.45, 7) is 5.99. The van der Waals surface area contributed by atoms with E-state index in [1.807, 2.05) is 49.5 Å². The van der Waals surface area contributed by atoms with Crippen LogP contribution in [0.5, 0.6) is 0 Å². The molecule has 0 saturated carbocycles. The number of azo groups is 2. The van der Waals surface area contributed by atoms with Crippen molar-refractivity contribution in [2.45, 2.75) is 20.3 Å². The van der Waals surface area contributed by atoms with E-state index in [0.717, 1.165) is 53.4 Å². The van der Waals surface area contributed by atoms with Gasteiger partial charge in [-0.1, -0.05) is 10.2 Å². The van der Waals surface area contributed by atoms with Gasteiger partial charge in [0.1, 0.15) is 11.4 Å². The van der Waals surface area contributed by atoms with Gasteiger partial charge in [-0.05, 0) is 78.0 Å². The molecular weight excluding hydrogens is 516 g/mol. The van der Waals surface area contributed by atoms with Crippen molar-refractivity contribution in [1.29, 1.82) is 0 Å². The van der Waals surface area contributed by atoms with E-state index in [1.54, 1.807) is 22.0 Å². The summed E-state index contributed by atoms with van der Waals surface area (Å²) in [5, 5.41) is 26.0. The summed E-state index contributed by atoms with van der Waals surface area (Å²) < 4.78 is 7.07. The van der Waals surface area contributed by atoms with Crippen LogP contribution in [-0.2, 0) is 28.2 Å². The predicted octanol–water partition coefficient (Wildman–Crippen LogP) is 5.11. The highest BCUT2D eigenvalue weighted by atomic mass is 15.4. The third-order valence-corrected chi connectivity index (χ3v) is 6.73. The Morgan fingerprint density at radius 2 is 1.07 bits per heavy atom. The lowest BCUT2D eigenvalue weighted by Gasteiger charge is -2.24. The summed E-state index contributed by atoms with van der Waals surface area (Å²) in [6.07, 6.45) is 4.44. The topological polar surface area (TPSA) is 99.3 Å². The van der Waals surface area contributed by atoms with Crippen LogP contribution < -0.4 is 18.9 Å². The minimum Gasteiger partial charge on any atom is -0.375 e. The lowest BCUT2D eigenvalue weighted by Crippen LogP contribution is -2.25. The van der Waals surface area contributed by atoms with E-state index in [4.69, 9.17) is 0 Å². The van der Waals surface area contributed by atoms with Gasteiger partial charge in [0.15, 0.2) is 0 Å². The molecule has 0 aliphatic rings. The third-order valence-electron chi connectivity index (χ3n) is 6.73. The van der Waals surface area contributed by atoms with Crippen molar-refractivity contribution in [2.24, 2.45) is 48.6 Å². The average molecular weight is 561 g/mol. The molecule has 0 aliphatic heterocycles. The van der Waals surface area contributed by atoms with Crippen LogP contribution in [0.4, 0.5) is 34.6 Å². The van der Waals surface area contributed by atoms with Crippen LogP contribution in [0.1, 0.15) is 17.5 Å². The molecule has 0 amide bonds. The smallest absolute Gasteiger partial charge is 0.375 e. The fourth-order valence-electron chi connectivity index (χ4n) is 4.22. The summed E-state index contributed by atoms with van der Waals surface area (Å²) in [6, 6.07) is 12.5. The van der Waals surface area contributed by atoms with Crippen molar-refractivity contribution in [3.05, 3.63) is 75.0 Å². The Balaban J connectivity index is 0.00000294. The first-order valence-electron chi connectivity index (χ1n) is 12.9. The maximum Gasteiger partial charge on any atom is 0.403 e. The number of benzene rings is 2. The molecule has 0 unspecified atom stereocenters. The minimum absolute atomic E-state index is 0. The van der Waals surface area contributed by atoms with E-state index in [2.05, 4.69) is 92.7 Å². The molecule has 0 atom stereocenters. The zero-order chi connectivity index (χ0) is 28.1. The van der Waals surface area contributed by atoms with Crippen molar-refractivity contribution in [3.63, 3.8) is 0 Å². The standard InChI is InChI=1S/C27H38N12.2CH3/c1-20-16-22(10-12-24(20)30-32-26-36(5)18-28-38(26)7)34(3)14-9-15-35(4)23-11-13-25(21(2)17-23)31-33-27-37(6)19-29-39(27)8;;/h10-13,16-19H,9,14-15H2,1-8H3;2*1H3/q+2;2*-1. The van der Waals surface area contributed by atoms with Crippen molar-refractivity contribution in [2.75, 3.05) is 37.0 Å². The fraction of sp³-hybridized carbons (Fsp3) is 0.379. The fourth-order valence-corrected chi connectivity index (χ4v) is 4.22. The van der Waals surface area contributed by atoms with Crippen molar-refractivity contribution in [3.8, 4) is 0 Å². The minimum atomic E-state index is 0. The largest absolute Gasteiger partial charge is 0.403 e. The lowest BCUT2D eigenvalue weighted by molar-refractivity contribution is -0.659. The number of anilines is 2. The van der Waals surface area contributed by atoms with Gasteiger partial charge in [0.05, 0.1) is 28.2 Å². The van der Waals surface area contributed by atoms with Crippen molar-refractivity contribution >= 4 is 34.6 Å². The molecule has 4 aromatic rings. The monoisotopic (exact) mass is 560 g/mol. The van der Waals surface area contributed by atoms with E-state index in [1.165, 1.54) is 0 Å². The SMILES string of the molecule is Cc1cc(N(C)CCCN(C)c2ccc(N=Nc3n(C)nc[n+]3C)c(C)c2)ccc1N=Nc1n(C)nc[n+]1C.[CH3-].[CH3-]. The zero-order valence-corrected chi connectivity index (χ0v) is 26.1. The van der Waals surface area contributed by atoms with E-state index >= 15 is 0 Å². The molecule has 41 heavy (non-hydrogen) atoms. The highest BCUT2D eigenvalue weighted by Gasteiger charge is 2.14. The second-order valence-electron chi connectivity index (χ2n) is 9.87. The van der Waals surface area contributed by atoms with Crippen LogP contribution >= 0.6 is 0 Å². The highest BCUT2D eigenvalue weighted by molar-refractivity contribution is 5.58. The number of rotatable bonds is 10. The quantitative estimate of drug-likeness (QED) is 0.153. The van der Waals surface area contributed by atoms with E-state index in [0.29, 0.717) is 11.9 Å². The van der Waals surface area contributed by atoms with E-state index < -0.39 is 0 Å². The lowest BCUT2D eigenvalue weighted by atomic mass is 10.1. The molecule has 0 fully saturated rings. The molecule has 0 bridgehead atoms. The van der Waals surface area contributed by atoms with Crippen molar-refractivity contribution < 1.29 is 9.13 Å². The van der Waals surface area contributed by atoms with E-state index in [9.17, 15) is 0 Å². The van der Waals surface area contributed by atoms with Crippen LogP contribution in [-0.4, -0.2) is 46.7 Å². The van der Waals surface area contributed by atoms with Crippen molar-refractivity contribution in [1.82, 2.24) is 19.6 Å². The van der Waals surface area contributed by atoms with Crippen LogP contribution in [0.25, 0.3) is 0 Å². The first-order valence-corrected chi connectivity index (χ1v) is 12.9. The Bertz CT molecular complexity index is 1350. The molecule has 12 nitrogen and oxygen atoms in total. The molecule has 4 rings (SSSR count). The Labute approximate surface area is 244 Å². The third kappa shape index (κ3) is 7.80. The molecule has 220 valence electrons. The van der Waals surface area contributed by atoms with Gasteiger partial charge in [0.25, 0.3) is 0 Å². The Hall–Kier alpha value is -4.48. The second kappa shape index (κ2) is 14.2. The van der Waals surface area contributed by atoms with Crippen LogP contribution in [0.3, 0.4) is 0 Å². The predicted molar refractivity (Wildman–Crippen MR) is 163 cm³/mol. The summed E-state index contributed by atoms with van der Waals surface area (Å²) in [7, 11) is 11.7. The Kier molecular flexibility index (Phi) is 11.4. The molecule has 0 aliphatic carbocycles. The van der Waals surface area contributed by atoms with Gasteiger partial charge in [-0.15, -0.1) is 9.36 Å².